The zero-order valence-corrected chi connectivity index (χ0v) is 8.32. The Morgan fingerprint density at radius 3 is 1.00 bits per heavy atom. The summed E-state index contributed by atoms with van der Waals surface area (Å²) in [6.45, 7) is 0. The van der Waals surface area contributed by atoms with E-state index < -0.39 is 0 Å². The van der Waals surface area contributed by atoms with Gasteiger partial charge in [0, 0.05) is 93.8 Å². The van der Waals surface area contributed by atoms with Crippen LogP contribution in [0.1, 0.15) is 0 Å². The van der Waals surface area contributed by atoms with Crippen LogP contribution in [-0.2, 0) is 0 Å². The fourth-order valence-electron chi connectivity index (χ4n) is 0. The quantitative estimate of drug-likeness (QED) is 0.326. The predicted octanol–water partition coefficient (Wildman–Crippen LogP) is -1.52. The smallest absolute Gasteiger partial charge is 0 e. The number of hydrogen-bond acceptors (Lipinski definition) is 0. The van der Waals surface area contributed by atoms with E-state index >= 15 is 0 Å². The van der Waals surface area contributed by atoms with Crippen LogP contribution in [0.5, 0.6) is 0 Å². The molecule has 0 fully saturated rings. The molecule has 0 amide bonds. The summed E-state index contributed by atoms with van der Waals surface area (Å²) in [5, 5.41) is 0. The second kappa shape index (κ2) is 17.3. The average Bonchev–Trinajstić information content (AvgIpc) is 0. The van der Waals surface area contributed by atoms with Gasteiger partial charge in [-0.15, -0.1) is 0 Å². The molecule has 0 rings (SSSR count). The summed E-state index contributed by atoms with van der Waals surface area (Å²) in [7, 11) is 0. The van der Waals surface area contributed by atoms with Crippen LogP contribution in [0.3, 0.4) is 0 Å². The van der Waals surface area contributed by atoms with Gasteiger partial charge in [-0.05, 0) is 0 Å². The van der Waals surface area contributed by atoms with Crippen molar-refractivity contribution < 1.29 is 0 Å². The molecule has 0 atom stereocenters. The van der Waals surface area contributed by atoms with Crippen molar-refractivity contribution in [3.8, 4) is 0 Å². The van der Waals surface area contributed by atoms with E-state index in [-0.39, 0.29) is 93.8 Å². The van der Waals surface area contributed by atoms with Crippen molar-refractivity contribution in [2.45, 2.75) is 0 Å². The molecule has 0 aromatic rings. The largest absolute Gasteiger partial charge is 0 e. The summed E-state index contributed by atoms with van der Waals surface area (Å²) < 4.78 is 0. The monoisotopic (exact) mass is 102 g/mol. The van der Waals surface area contributed by atoms with Crippen molar-refractivity contribution >= 4 is 93.8 Å². The molecule has 4 heavy (non-hydrogen) atoms. The summed E-state index contributed by atoms with van der Waals surface area (Å²) in [4.78, 5) is 0. The van der Waals surface area contributed by atoms with Crippen molar-refractivity contribution in [1.29, 1.82) is 0 Å². The van der Waals surface area contributed by atoms with Gasteiger partial charge in [0.25, 0.3) is 0 Å². The Kier molecular flexibility index (Phi) is 130. The molecule has 0 unspecified atom stereocenters. The molecular formula is BKMgSi. The van der Waals surface area contributed by atoms with Gasteiger partial charge in [0.2, 0.25) is 0 Å². The van der Waals surface area contributed by atoms with Crippen LogP contribution < -0.4 is 0 Å². The molecule has 0 aromatic heterocycles. The van der Waals surface area contributed by atoms with E-state index in [1.807, 2.05) is 0 Å². The third kappa shape index (κ3) is 8.82. The Labute approximate surface area is 91.7 Å². The minimum absolute atomic E-state index is 0. The Morgan fingerprint density at radius 1 is 1.00 bits per heavy atom. The first-order chi connectivity index (χ1) is 0. The zero-order valence-electron chi connectivity index (χ0n) is 2.78. The van der Waals surface area contributed by atoms with E-state index in [0.717, 1.165) is 0 Å². The van der Waals surface area contributed by atoms with Gasteiger partial charge in [0.15, 0.2) is 0 Å². The van der Waals surface area contributed by atoms with E-state index in [2.05, 4.69) is 0 Å². The van der Waals surface area contributed by atoms with Gasteiger partial charge in [-0.2, -0.15) is 0 Å². The van der Waals surface area contributed by atoms with E-state index in [9.17, 15) is 0 Å². The summed E-state index contributed by atoms with van der Waals surface area (Å²) in [6, 6.07) is 0. The van der Waals surface area contributed by atoms with Crippen LogP contribution >= 0.6 is 0 Å². The molecule has 0 aliphatic heterocycles. The fraction of sp³-hybridized carbons (Fsp3) is 0. The molecule has 0 nitrogen and oxygen atoms in total. The molecule has 0 heterocycles. The van der Waals surface area contributed by atoms with E-state index in [1.165, 1.54) is 0 Å². The zero-order chi connectivity index (χ0) is 0. The minimum Gasteiger partial charge on any atom is 0 e. The molecule has 0 N–H and O–H groups in total. The third-order valence-electron chi connectivity index (χ3n) is 0. The number of rotatable bonds is 0. The molecule has 0 aliphatic rings. The molecule has 0 saturated heterocycles. The predicted molar refractivity (Wildman–Crippen MR) is 23.0 cm³/mol. The van der Waals surface area contributed by atoms with Gasteiger partial charge < -0.3 is 0 Å². The SMILES string of the molecule is [B].[K].[Mg].[Si]. The molecular weight excluding hydrogens is 102 g/mol. The first-order valence-electron chi connectivity index (χ1n) is 0. The van der Waals surface area contributed by atoms with E-state index in [0.29, 0.717) is 0 Å². The summed E-state index contributed by atoms with van der Waals surface area (Å²) >= 11 is 0. The Hall–Kier alpha value is 2.68. The van der Waals surface area contributed by atoms with Gasteiger partial charge in [-0.25, -0.2) is 0 Å². The molecule has 10 radical (unpaired) electrons. The Morgan fingerprint density at radius 2 is 1.00 bits per heavy atom. The summed E-state index contributed by atoms with van der Waals surface area (Å²) in [5.41, 5.74) is 0. The van der Waals surface area contributed by atoms with Crippen molar-refractivity contribution in [2.24, 2.45) is 0 Å². The number of hydrogen-bond donors (Lipinski definition) is 0. The van der Waals surface area contributed by atoms with Crippen molar-refractivity contribution in [3.05, 3.63) is 0 Å². The van der Waals surface area contributed by atoms with Crippen LogP contribution in [0.4, 0.5) is 0 Å². The second-order valence-corrected chi connectivity index (χ2v) is 0. The van der Waals surface area contributed by atoms with Crippen LogP contribution in [0.2, 0.25) is 0 Å². The maximum absolute atomic E-state index is 0. The average molecular weight is 102 g/mol. The Balaban J connectivity index is 0. The van der Waals surface area contributed by atoms with Crippen molar-refractivity contribution in [2.75, 3.05) is 0 Å². The molecule has 0 bridgehead atoms. The maximum atomic E-state index is 0. The second-order valence-electron chi connectivity index (χ2n) is 0. The van der Waals surface area contributed by atoms with Gasteiger partial charge in [0.05, 0.1) is 0 Å². The summed E-state index contributed by atoms with van der Waals surface area (Å²) in [5.74, 6) is 0. The van der Waals surface area contributed by atoms with Crippen molar-refractivity contribution in [3.63, 3.8) is 0 Å². The molecule has 0 aliphatic carbocycles. The van der Waals surface area contributed by atoms with Gasteiger partial charge in [0.1, 0.15) is 0 Å². The van der Waals surface area contributed by atoms with Crippen LogP contribution in [0, 0.1) is 0 Å². The van der Waals surface area contributed by atoms with Gasteiger partial charge in [-0.1, -0.05) is 0 Å². The van der Waals surface area contributed by atoms with Crippen LogP contribution in [0.25, 0.3) is 0 Å². The normalized spacial score (nSPS) is 0. The third-order valence-corrected chi connectivity index (χ3v) is 0. The fourth-order valence-corrected chi connectivity index (χ4v) is 0. The molecule has 10 valence electrons. The molecule has 0 saturated carbocycles. The van der Waals surface area contributed by atoms with E-state index in [4.69, 9.17) is 0 Å². The molecule has 0 aromatic carbocycles. The van der Waals surface area contributed by atoms with Gasteiger partial charge >= 0.3 is 0 Å². The van der Waals surface area contributed by atoms with Crippen LogP contribution in [-0.4, -0.2) is 93.8 Å². The standard InChI is InChI=1S/B.K.Mg.Si. The van der Waals surface area contributed by atoms with Crippen molar-refractivity contribution in [1.82, 2.24) is 0 Å². The topological polar surface area (TPSA) is 0 Å². The Bertz CT molecular complexity index is 8.00. The van der Waals surface area contributed by atoms with Crippen LogP contribution in [0.15, 0.2) is 0 Å². The maximum Gasteiger partial charge on any atom is 0 e. The van der Waals surface area contributed by atoms with Gasteiger partial charge in [-0.3, -0.25) is 0 Å². The van der Waals surface area contributed by atoms with E-state index in [1.54, 1.807) is 0 Å². The first-order valence-corrected chi connectivity index (χ1v) is 0. The summed E-state index contributed by atoms with van der Waals surface area (Å²) in [6.07, 6.45) is 0. The minimum atomic E-state index is 0. The molecule has 0 spiro atoms. The first kappa shape index (κ1) is 30.0. The molecule has 4 heteroatoms.